The maximum absolute atomic E-state index is 13.0. The molecule has 2 aliphatic heterocycles. The third-order valence-corrected chi connectivity index (χ3v) is 5.20. The van der Waals surface area contributed by atoms with E-state index < -0.39 is 0 Å². The molecule has 0 unspecified atom stereocenters. The lowest BCUT2D eigenvalue weighted by Crippen LogP contribution is -2.39. The van der Waals surface area contributed by atoms with Crippen molar-refractivity contribution in [1.29, 1.82) is 0 Å². The Balaban J connectivity index is 1.71. The lowest BCUT2D eigenvalue weighted by Gasteiger charge is -2.26. The van der Waals surface area contributed by atoms with Gasteiger partial charge in [-0.15, -0.1) is 0 Å². The van der Waals surface area contributed by atoms with Gasteiger partial charge in [0.15, 0.2) is 0 Å². The number of fused-ring (bicyclic) bond motifs is 1. The Labute approximate surface area is 142 Å². The quantitative estimate of drug-likeness (QED) is 0.837. The smallest absolute Gasteiger partial charge is 0.256 e. The number of hydrogen-bond donors (Lipinski definition) is 1. The lowest BCUT2D eigenvalue weighted by molar-refractivity contribution is -0.136. The fourth-order valence-electron chi connectivity index (χ4n) is 3.81. The van der Waals surface area contributed by atoms with Gasteiger partial charge in [0.25, 0.3) is 5.56 Å². The van der Waals surface area contributed by atoms with E-state index in [0.29, 0.717) is 30.5 Å². The van der Waals surface area contributed by atoms with Crippen LogP contribution >= 0.6 is 0 Å². The molecule has 1 aromatic heterocycles. The minimum Gasteiger partial charge on any atom is -0.332 e. The van der Waals surface area contributed by atoms with E-state index in [2.05, 4.69) is 40.9 Å². The van der Waals surface area contributed by atoms with Crippen LogP contribution in [0.25, 0.3) is 0 Å². The molecule has 0 aromatic carbocycles. The molecule has 0 radical (unpaired) electrons. The van der Waals surface area contributed by atoms with E-state index in [1.807, 2.05) is 0 Å². The zero-order valence-corrected chi connectivity index (χ0v) is 15.0. The van der Waals surface area contributed by atoms with Gasteiger partial charge in [0.2, 0.25) is 5.91 Å². The number of aromatic nitrogens is 2. The first-order valence-electron chi connectivity index (χ1n) is 8.57. The Morgan fingerprint density at radius 1 is 1.25 bits per heavy atom. The van der Waals surface area contributed by atoms with Crippen LogP contribution in [0.4, 0.5) is 0 Å². The number of carbonyl (C=O) groups excluding carboxylic acids is 1. The van der Waals surface area contributed by atoms with Gasteiger partial charge in [-0.1, -0.05) is 0 Å². The first-order chi connectivity index (χ1) is 11.3. The normalized spacial score (nSPS) is 25.0. The third-order valence-electron chi connectivity index (χ3n) is 5.20. The van der Waals surface area contributed by atoms with Crippen molar-refractivity contribution in [2.24, 2.45) is 5.92 Å². The van der Waals surface area contributed by atoms with Gasteiger partial charge in [0, 0.05) is 19.1 Å². The van der Waals surface area contributed by atoms with Crippen LogP contribution in [0, 0.1) is 12.8 Å². The lowest BCUT2D eigenvalue weighted by atomic mass is 10.00. The van der Waals surface area contributed by atoms with E-state index in [-0.39, 0.29) is 17.4 Å². The monoisotopic (exact) mass is 333 g/mol. The predicted octanol–water partition coefficient (Wildman–Crippen LogP) is 0.193. The van der Waals surface area contributed by atoms with Gasteiger partial charge in [-0.2, -0.15) is 0 Å². The van der Waals surface area contributed by atoms with Gasteiger partial charge in [0.1, 0.15) is 5.82 Å². The van der Waals surface area contributed by atoms with Crippen LogP contribution < -0.4 is 5.56 Å². The molecule has 132 valence electrons. The maximum Gasteiger partial charge on any atom is 0.256 e. The third kappa shape index (κ3) is 3.37. The number of aryl methyl sites for hydroxylation is 1. The summed E-state index contributed by atoms with van der Waals surface area (Å²) in [4.78, 5) is 38.4. The molecule has 0 bridgehead atoms. The van der Waals surface area contributed by atoms with Gasteiger partial charge in [0.05, 0.1) is 30.3 Å². The number of nitrogens with zero attached hydrogens (tertiary/aromatic N) is 4. The number of aromatic amines is 1. The van der Waals surface area contributed by atoms with Gasteiger partial charge in [-0.05, 0) is 40.9 Å². The summed E-state index contributed by atoms with van der Waals surface area (Å²) in [6.07, 6.45) is 1.91. The SMILES string of the molecule is Cc1nc2c(c(=O)[nH]1)CN(C(=O)[C@@H]1CC[C@H](N(C)C)CN(C)C1)C2. The van der Waals surface area contributed by atoms with Crippen LogP contribution in [0.15, 0.2) is 4.79 Å². The molecule has 2 aliphatic rings. The van der Waals surface area contributed by atoms with Crippen molar-refractivity contribution >= 4 is 5.91 Å². The van der Waals surface area contributed by atoms with Crippen molar-refractivity contribution in [3.63, 3.8) is 0 Å². The second kappa shape index (κ2) is 6.64. The molecule has 0 aliphatic carbocycles. The highest BCUT2D eigenvalue weighted by atomic mass is 16.2. The second-order valence-corrected chi connectivity index (χ2v) is 7.38. The number of rotatable bonds is 2. The Kier molecular flexibility index (Phi) is 4.73. The predicted molar refractivity (Wildman–Crippen MR) is 91.5 cm³/mol. The molecule has 7 heteroatoms. The summed E-state index contributed by atoms with van der Waals surface area (Å²) in [5, 5.41) is 0. The van der Waals surface area contributed by atoms with Crippen LogP contribution in [0.2, 0.25) is 0 Å². The largest absolute Gasteiger partial charge is 0.332 e. The van der Waals surface area contributed by atoms with Crippen molar-refractivity contribution in [3.05, 3.63) is 27.4 Å². The van der Waals surface area contributed by atoms with Crippen LogP contribution in [-0.2, 0) is 17.9 Å². The second-order valence-electron chi connectivity index (χ2n) is 7.38. The Hall–Kier alpha value is -1.73. The van der Waals surface area contributed by atoms with E-state index in [4.69, 9.17) is 0 Å². The van der Waals surface area contributed by atoms with Gasteiger partial charge < -0.3 is 19.7 Å². The molecular weight excluding hydrogens is 306 g/mol. The molecule has 1 N–H and O–H groups in total. The molecule has 1 amide bonds. The molecule has 1 fully saturated rings. The van der Waals surface area contributed by atoms with Crippen molar-refractivity contribution in [2.75, 3.05) is 34.2 Å². The average molecular weight is 333 g/mol. The van der Waals surface area contributed by atoms with E-state index in [1.54, 1.807) is 11.8 Å². The average Bonchev–Trinajstić information content (AvgIpc) is 2.82. The molecule has 24 heavy (non-hydrogen) atoms. The molecule has 2 atom stereocenters. The molecule has 1 aromatic rings. The number of amides is 1. The van der Waals surface area contributed by atoms with Crippen molar-refractivity contribution in [3.8, 4) is 0 Å². The summed E-state index contributed by atoms with van der Waals surface area (Å²) in [5.74, 6) is 0.752. The summed E-state index contributed by atoms with van der Waals surface area (Å²) in [6.45, 7) is 4.37. The van der Waals surface area contributed by atoms with Crippen LogP contribution in [0.1, 0.15) is 29.9 Å². The first-order valence-corrected chi connectivity index (χ1v) is 8.57. The standard InChI is InChI=1S/C17H27N5O2/c1-11-18-15-10-22(9-14(15)16(23)19-11)17(24)12-5-6-13(20(2)3)8-21(4)7-12/h12-13H,5-10H2,1-4H3,(H,18,19,23)/t12-,13+/m1/s1. The maximum atomic E-state index is 13.0. The molecular formula is C17H27N5O2. The zero-order chi connectivity index (χ0) is 17.4. The summed E-state index contributed by atoms with van der Waals surface area (Å²) in [7, 11) is 6.27. The number of nitrogens with one attached hydrogen (secondary N) is 1. The van der Waals surface area contributed by atoms with Crippen molar-refractivity contribution < 1.29 is 4.79 Å². The van der Waals surface area contributed by atoms with Gasteiger partial charge in [-0.3, -0.25) is 9.59 Å². The van der Waals surface area contributed by atoms with E-state index in [0.717, 1.165) is 31.6 Å². The van der Waals surface area contributed by atoms with E-state index >= 15 is 0 Å². The molecule has 3 rings (SSSR count). The number of likely N-dealkylation sites (N-methyl/N-ethyl adjacent to an activating group) is 2. The Bertz CT molecular complexity index is 684. The highest BCUT2D eigenvalue weighted by molar-refractivity contribution is 5.79. The first kappa shape index (κ1) is 17.1. The van der Waals surface area contributed by atoms with Gasteiger partial charge >= 0.3 is 0 Å². The topological polar surface area (TPSA) is 72.5 Å². The van der Waals surface area contributed by atoms with Crippen molar-refractivity contribution in [2.45, 2.75) is 38.9 Å². The minimum atomic E-state index is -0.113. The summed E-state index contributed by atoms with van der Waals surface area (Å²) in [6, 6.07) is 0.482. The van der Waals surface area contributed by atoms with Crippen LogP contribution in [-0.4, -0.2) is 70.8 Å². The fourth-order valence-corrected chi connectivity index (χ4v) is 3.81. The minimum absolute atomic E-state index is 0.00515. The zero-order valence-electron chi connectivity index (χ0n) is 15.0. The molecule has 7 nitrogen and oxygen atoms in total. The fraction of sp³-hybridized carbons (Fsp3) is 0.706. The van der Waals surface area contributed by atoms with Gasteiger partial charge in [-0.25, -0.2) is 4.98 Å². The van der Waals surface area contributed by atoms with E-state index in [9.17, 15) is 9.59 Å². The Morgan fingerprint density at radius 2 is 2.00 bits per heavy atom. The number of likely N-dealkylation sites (tertiary alicyclic amines) is 1. The van der Waals surface area contributed by atoms with E-state index in [1.165, 1.54) is 0 Å². The highest BCUT2D eigenvalue weighted by Gasteiger charge is 2.34. The van der Waals surface area contributed by atoms with Crippen LogP contribution in [0.3, 0.4) is 0 Å². The summed E-state index contributed by atoms with van der Waals surface area (Å²) in [5.41, 5.74) is 1.28. The molecule has 1 saturated heterocycles. The molecule has 0 spiro atoms. The van der Waals surface area contributed by atoms with Crippen LogP contribution in [0.5, 0.6) is 0 Å². The molecule has 3 heterocycles. The number of H-pyrrole nitrogens is 1. The summed E-state index contributed by atoms with van der Waals surface area (Å²) < 4.78 is 0. The van der Waals surface area contributed by atoms with Crippen molar-refractivity contribution in [1.82, 2.24) is 24.7 Å². The Morgan fingerprint density at radius 3 is 2.71 bits per heavy atom. The molecule has 0 saturated carbocycles. The number of carbonyl (C=O) groups is 1. The summed E-state index contributed by atoms with van der Waals surface area (Å²) >= 11 is 0. The highest BCUT2D eigenvalue weighted by Crippen LogP contribution is 2.25. The number of hydrogen-bond acceptors (Lipinski definition) is 5.